The van der Waals surface area contributed by atoms with Gasteiger partial charge in [0.2, 0.25) is 0 Å². The number of aromatic nitrogens is 2. The molecule has 1 aromatic heterocycles. The molecule has 0 saturated heterocycles. The minimum absolute atomic E-state index is 0.237. The molecule has 0 atom stereocenters. The van der Waals surface area contributed by atoms with Crippen molar-refractivity contribution >= 4 is 11.6 Å². The van der Waals surface area contributed by atoms with Crippen molar-refractivity contribution in [3.63, 3.8) is 0 Å². The highest BCUT2D eigenvalue weighted by molar-refractivity contribution is 6.29. The van der Waals surface area contributed by atoms with Crippen LogP contribution in [0.25, 0.3) is 11.3 Å². The third-order valence-corrected chi connectivity index (χ3v) is 2.95. The Labute approximate surface area is 111 Å². The Bertz CT molecular complexity index is 570. The van der Waals surface area contributed by atoms with Gasteiger partial charge >= 0.3 is 0 Å². The molecule has 2 aromatic rings. The highest BCUT2D eigenvalue weighted by Gasteiger charge is 2.10. The van der Waals surface area contributed by atoms with Crippen LogP contribution in [0.1, 0.15) is 24.7 Å². The monoisotopic (exact) mass is 264 g/mol. The predicted octanol–water partition coefficient (Wildman–Crippen LogP) is 4.20. The van der Waals surface area contributed by atoms with E-state index in [4.69, 9.17) is 11.6 Å². The number of halogens is 2. The largest absolute Gasteiger partial charge is 0.233 e. The number of rotatable bonds is 3. The molecule has 2 nitrogen and oxygen atoms in total. The van der Waals surface area contributed by atoms with Crippen LogP contribution in [0.5, 0.6) is 0 Å². The lowest BCUT2D eigenvalue weighted by Gasteiger charge is -2.08. The quantitative estimate of drug-likeness (QED) is 0.777. The first kappa shape index (κ1) is 13.0. The molecule has 0 saturated carbocycles. The summed E-state index contributed by atoms with van der Waals surface area (Å²) in [5.74, 6) is 0.461. The second kappa shape index (κ2) is 5.44. The van der Waals surface area contributed by atoms with Gasteiger partial charge in [-0.3, -0.25) is 0 Å². The second-order valence-electron chi connectivity index (χ2n) is 4.15. The summed E-state index contributed by atoms with van der Waals surface area (Å²) in [7, 11) is 0. The lowest BCUT2D eigenvalue weighted by molar-refractivity contribution is 0.619. The average molecular weight is 265 g/mol. The first-order chi connectivity index (χ1) is 8.61. The van der Waals surface area contributed by atoms with E-state index >= 15 is 0 Å². The molecule has 0 radical (unpaired) electrons. The Morgan fingerprint density at radius 2 is 2.06 bits per heavy atom. The average Bonchev–Trinajstić information content (AvgIpc) is 2.32. The van der Waals surface area contributed by atoms with Crippen LogP contribution in [0.15, 0.2) is 24.3 Å². The Balaban J connectivity index is 2.53. The molecule has 0 fully saturated rings. The van der Waals surface area contributed by atoms with Crippen LogP contribution >= 0.6 is 11.6 Å². The minimum atomic E-state index is -0.237. The van der Waals surface area contributed by atoms with Gasteiger partial charge in [0, 0.05) is 18.1 Å². The van der Waals surface area contributed by atoms with Crippen molar-refractivity contribution in [2.45, 2.75) is 26.7 Å². The first-order valence-electron chi connectivity index (χ1n) is 5.90. The summed E-state index contributed by atoms with van der Waals surface area (Å²) in [6.45, 7) is 3.79. The van der Waals surface area contributed by atoms with Gasteiger partial charge in [0.15, 0.2) is 0 Å². The molecule has 0 spiro atoms. The minimum Gasteiger partial charge on any atom is -0.233 e. The van der Waals surface area contributed by atoms with Crippen LogP contribution in [-0.4, -0.2) is 9.97 Å². The van der Waals surface area contributed by atoms with Crippen LogP contribution in [0.4, 0.5) is 4.39 Å². The van der Waals surface area contributed by atoms with Crippen molar-refractivity contribution in [1.29, 1.82) is 0 Å². The molecule has 0 amide bonds. The van der Waals surface area contributed by atoms with Crippen molar-refractivity contribution in [2.24, 2.45) is 0 Å². The summed E-state index contributed by atoms with van der Waals surface area (Å²) in [5.41, 5.74) is 2.02. The molecule has 0 unspecified atom stereocenters. The van der Waals surface area contributed by atoms with Gasteiger partial charge < -0.3 is 0 Å². The van der Waals surface area contributed by atoms with Crippen LogP contribution in [0.3, 0.4) is 0 Å². The van der Waals surface area contributed by atoms with Crippen LogP contribution < -0.4 is 0 Å². The molecule has 0 N–H and O–H groups in total. The molecule has 94 valence electrons. The molecule has 4 heteroatoms. The highest BCUT2D eigenvalue weighted by Crippen LogP contribution is 2.25. The molecule has 1 aromatic carbocycles. The summed E-state index contributed by atoms with van der Waals surface area (Å²) in [6.07, 6.45) is 1.71. The summed E-state index contributed by atoms with van der Waals surface area (Å²) in [5, 5.41) is 0.395. The van der Waals surface area contributed by atoms with Crippen LogP contribution in [0.2, 0.25) is 5.15 Å². The maximum absolute atomic E-state index is 13.5. The van der Waals surface area contributed by atoms with Gasteiger partial charge in [-0.15, -0.1) is 0 Å². The SMILES string of the molecule is CCCc1nc(Cl)cc(-c2cccc(F)c2C)n1. The Morgan fingerprint density at radius 3 is 2.78 bits per heavy atom. The lowest BCUT2D eigenvalue weighted by Crippen LogP contribution is -1.98. The van der Waals surface area contributed by atoms with Crippen molar-refractivity contribution < 1.29 is 4.39 Å². The topological polar surface area (TPSA) is 25.8 Å². The summed E-state index contributed by atoms with van der Waals surface area (Å²) in [6, 6.07) is 6.62. The van der Waals surface area contributed by atoms with Gasteiger partial charge in [0.25, 0.3) is 0 Å². The Morgan fingerprint density at radius 1 is 1.28 bits per heavy atom. The lowest BCUT2D eigenvalue weighted by atomic mass is 10.1. The van der Waals surface area contributed by atoms with E-state index in [0.29, 0.717) is 22.2 Å². The third-order valence-electron chi connectivity index (χ3n) is 2.76. The molecule has 0 aliphatic heterocycles. The smallest absolute Gasteiger partial charge is 0.133 e. The molecular formula is C14H14ClFN2. The van der Waals surface area contributed by atoms with Crippen LogP contribution in [0, 0.1) is 12.7 Å². The zero-order valence-corrected chi connectivity index (χ0v) is 11.1. The summed E-state index contributed by atoms with van der Waals surface area (Å²) >= 11 is 5.98. The number of aryl methyl sites for hydroxylation is 1. The molecule has 0 aliphatic rings. The summed E-state index contributed by atoms with van der Waals surface area (Å²) < 4.78 is 13.5. The van der Waals surface area contributed by atoms with Gasteiger partial charge in [-0.1, -0.05) is 30.7 Å². The zero-order chi connectivity index (χ0) is 13.1. The van der Waals surface area contributed by atoms with E-state index in [1.54, 1.807) is 19.1 Å². The molecule has 0 bridgehead atoms. The van der Waals surface area contributed by atoms with Gasteiger partial charge in [0.05, 0.1) is 5.69 Å². The van der Waals surface area contributed by atoms with Crippen molar-refractivity contribution in [3.8, 4) is 11.3 Å². The van der Waals surface area contributed by atoms with E-state index in [9.17, 15) is 4.39 Å². The number of nitrogens with zero attached hydrogens (tertiary/aromatic N) is 2. The van der Waals surface area contributed by atoms with E-state index in [1.165, 1.54) is 6.07 Å². The molecule has 1 heterocycles. The van der Waals surface area contributed by atoms with E-state index in [0.717, 1.165) is 18.4 Å². The fourth-order valence-electron chi connectivity index (χ4n) is 1.82. The fraction of sp³-hybridized carbons (Fsp3) is 0.286. The van der Waals surface area contributed by atoms with E-state index < -0.39 is 0 Å². The normalized spacial score (nSPS) is 10.7. The first-order valence-corrected chi connectivity index (χ1v) is 6.28. The van der Waals surface area contributed by atoms with E-state index in [2.05, 4.69) is 16.9 Å². The van der Waals surface area contributed by atoms with Gasteiger partial charge in [0.1, 0.15) is 16.8 Å². The van der Waals surface area contributed by atoms with E-state index in [-0.39, 0.29) is 5.82 Å². The number of hydrogen-bond acceptors (Lipinski definition) is 2. The number of hydrogen-bond donors (Lipinski definition) is 0. The molecule has 2 rings (SSSR count). The third kappa shape index (κ3) is 2.67. The van der Waals surface area contributed by atoms with Crippen molar-refractivity contribution in [3.05, 3.63) is 46.6 Å². The van der Waals surface area contributed by atoms with Crippen molar-refractivity contribution in [1.82, 2.24) is 9.97 Å². The Hall–Kier alpha value is -1.48. The predicted molar refractivity (Wildman–Crippen MR) is 71.2 cm³/mol. The molecule has 18 heavy (non-hydrogen) atoms. The number of benzene rings is 1. The van der Waals surface area contributed by atoms with E-state index in [1.807, 2.05) is 6.07 Å². The standard InChI is InChI=1S/C14H14ClFN2/c1-3-5-14-17-12(8-13(15)18-14)10-6-4-7-11(16)9(10)2/h4,6-8H,3,5H2,1-2H3. The highest BCUT2D eigenvalue weighted by atomic mass is 35.5. The summed E-state index contributed by atoms with van der Waals surface area (Å²) in [4.78, 5) is 8.60. The maximum Gasteiger partial charge on any atom is 0.133 e. The molecule has 0 aliphatic carbocycles. The zero-order valence-electron chi connectivity index (χ0n) is 10.4. The second-order valence-corrected chi connectivity index (χ2v) is 4.54. The van der Waals surface area contributed by atoms with Gasteiger partial charge in [-0.25, -0.2) is 14.4 Å². The van der Waals surface area contributed by atoms with Crippen LogP contribution in [-0.2, 0) is 6.42 Å². The van der Waals surface area contributed by atoms with Crippen molar-refractivity contribution in [2.75, 3.05) is 0 Å². The maximum atomic E-state index is 13.5. The van der Waals surface area contributed by atoms with Gasteiger partial charge in [-0.05, 0) is 25.0 Å². The molecular weight excluding hydrogens is 251 g/mol. The van der Waals surface area contributed by atoms with Gasteiger partial charge in [-0.2, -0.15) is 0 Å². The Kier molecular flexibility index (Phi) is 3.92. The fourth-order valence-corrected chi connectivity index (χ4v) is 2.02.